The van der Waals surface area contributed by atoms with E-state index < -0.39 is 80.9 Å². The number of carbonyl (C=O) groups excluding carboxylic acids is 3. The van der Waals surface area contributed by atoms with E-state index in [0.717, 1.165) is 0 Å². The number of unbranched alkanes of at least 4 members (excludes halogenated alkanes) is 4. The molecule has 0 aliphatic carbocycles. The summed E-state index contributed by atoms with van der Waals surface area (Å²) in [6.45, 7) is 23.7. The molecular weight excluding hydrogens is 1040 g/mol. The van der Waals surface area contributed by atoms with Gasteiger partial charge in [-0.15, -0.1) is 24.7 Å². The molecule has 30 nitrogen and oxygen atoms in total. The van der Waals surface area contributed by atoms with Gasteiger partial charge < -0.3 is 59.4 Å². The first kappa shape index (κ1) is 63.1. The van der Waals surface area contributed by atoms with Crippen molar-refractivity contribution in [3.63, 3.8) is 0 Å². The maximum Gasteiger partial charge on any atom is 0.418 e. The van der Waals surface area contributed by atoms with Gasteiger partial charge in [0.2, 0.25) is 34.0 Å². The molecule has 0 saturated carbocycles. The van der Waals surface area contributed by atoms with E-state index in [9.17, 15) is 46.0 Å². The summed E-state index contributed by atoms with van der Waals surface area (Å²) in [5.74, 6) is -0.282. The second-order valence-electron chi connectivity index (χ2n) is 19.9. The minimum Gasteiger partial charge on any atom is -0.724 e. The van der Waals surface area contributed by atoms with E-state index >= 15 is 0 Å². The van der Waals surface area contributed by atoms with Gasteiger partial charge in [-0.05, 0) is 72.1 Å². The standard InChI is InChI=1S/C17H26N6O9S.C16H36N.C11H17N7O7S/c1-9(19-15(25)31-17(2,3)4)18-7-12(24)14-21-20-13(30-14)11-6-5-10-8-22(11)16(26)23(10)32-33(27,28)29;1-5-9-13-17(14-10-6-2,15-11-7-3)16-12-8-4;12-10(13)14-3-7(19)9-16-15-8(24-9)6-2-1-5-4-17(6)11(20)18(5)25-26(21,22)23/h10-12,18,24H,1,5-8H2,2-4H3,(H,19,25)(H,27,28,29);5-16H2,1-4H3;5-7,19H,1-4H2,(H4,12,13,14)(H,21,22,23)/q;+1;/p-1/t10-,11+,12-;;5-,6+,7-/m1.1/s1. The van der Waals surface area contributed by atoms with Crippen LogP contribution in [0.5, 0.6) is 0 Å². The second kappa shape index (κ2) is 28.2. The predicted octanol–water partition coefficient (Wildman–Crippen LogP) is 3.08. The summed E-state index contributed by atoms with van der Waals surface area (Å²) in [6, 6.07) is -4.00. The van der Waals surface area contributed by atoms with Crippen molar-refractivity contribution in [1.82, 2.24) is 51.0 Å². The van der Waals surface area contributed by atoms with Gasteiger partial charge in [-0.2, -0.15) is 22.8 Å². The van der Waals surface area contributed by atoms with Crippen molar-refractivity contribution < 1.29 is 77.2 Å². The molecule has 76 heavy (non-hydrogen) atoms. The number of aliphatic imine (C=N–C) groups is 1. The number of hydroxylamine groups is 4. The fourth-order valence-corrected chi connectivity index (χ4v) is 9.67. The number of piperidine rings is 2. The minimum absolute atomic E-state index is 0.0355. The zero-order chi connectivity index (χ0) is 56.6. The highest BCUT2D eigenvalue weighted by molar-refractivity contribution is 7.81. The number of urea groups is 2. The van der Waals surface area contributed by atoms with Crippen LogP contribution < -0.4 is 22.1 Å². The molecule has 4 fully saturated rings. The summed E-state index contributed by atoms with van der Waals surface area (Å²) < 4.78 is 89.2. The number of alkyl carbamates (subject to hydrolysis) is 1. The molecule has 5 amide bonds. The normalized spacial score (nSPS) is 20.3. The molecule has 4 aliphatic heterocycles. The highest BCUT2D eigenvalue weighted by Crippen LogP contribution is 2.40. The summed E-state index contributed by atoms with van der Waals surface area (Å²) >= 11 is 0. The Morgan fingerprint density at radius 2 is 1.22 bits per heavy atom. The summed E-state index contributed by atoms with van der Waals surface area (Å²) in [7, 11) is -9.92. The molecule has 2 aromatic rings. The number of aliphatic hydroxyl groups is 2. The Morgan fingerprint density at radius 3 is 1.62 bits per heavy atom. The summed E-state index contributed by atoms with van der Waals surface area (Å²) in [5.41, 5.74) is 9.68. The van der Waals surface area contributed by atoms with E-state index in [1.807, 2.05) is 0 Å². The molecular formula is C44H78N14O16S2. The van der Waals surface area contributed by atoms with Crippen LogP contribution in [0.4, 0.5) is 14.4 Å². The summed E-state index contributed by atoms with van der Waals surface area (Å²) in [4.78, 5) is 42.7. The molecule has 0 aromatic carbocycles. The Morgan fingerprint density at radius 1 is 0.789 bits per heavy atom. The Bertz CT molecular complexity index is 2430. The number of quaternary nitrogens is 1. The summed E-state index contributed by atoms with van der Waals surface area (Å²) in [6.07, 6.45) is 9.32. The van der Waals surface area contributed by atoms with Crippen molar-refractivity contribution in [2.45, 2.75) is 167 Å². The first-order chi connectivity index (χ1) is 35.6. The van der Waals surface area contributed by atoms with Crippen LogP contribution in [0.2, 0.25) is 0 Å². The van der Waals surface area contributed by atoms with Crippen LogP contribution in [-0.2, 0) is 34.1 Å². The zero-order valence-corrected chi connectivity index (χ0v) is 46.0. The Kier molecular flexibility index (Phi) is 23.4. The number of nitrogens with zero attached hydrogens (tertiary/aromatic N) is 10. The van der Waals surface area contributed by atoms with E-state index in [4.69, 9.17) is 29.6 Å². The third-order valence-electron chi connectivity index (χ3n) is 12.6. The van der Waals surface area contributed by atoms with Gasteiger partial charge in [-0.3, -0.25) is 14.9 Å². The smallest absolute Gasteiger partial charge is 0.418 e. The monoisotopic (exact) mass is 1120 g/mol. The maximum absolute atomic E-state index is 12.5. The van der Waals surface area contributed by atoms with Gasteiger partial charge >= 0.3 is 28.6 Å². The Hall–Kier alpha value is -5.48. The van der Waals surface area contributed by atoms with E-state index in [0.29, 0.717) is 35.8 Å². The number of fused-ring (bicyclic) bond motifs is 4. The molecule has 2 aromatic heterocycles. The van der Waals surface area contributed by atoms with Gasteiger partial charge in [0, 0.05) is 13.1 Å². The second-order valence-corrected chi connectivity index (χ2v) is 21.9. The number of hydrogen-bond acceptors (Lipinski definition) is 21. The third kappa shape index (κ3) is 19.2. The molecule has 6 rings (SSSR count). The average molecular weight is 1120 g/mol. The lowest BCUT2D eigenvalue weighted by Gasteiger charge is -2.39. The number of carbonyl (C=O) groups is 3. The van der Waals surface area contributed by atoms with Crippen molar-refractivity contribution in [3.8, 4) is 0 Å². The lowest BCUT2D eigenvalue weighted by Crippen LogP contribution is -2.50. The fourth-order valence-electron chi connectivity index (χ4n) is 8.90. The van der Waals surface area contributed by atoms with Crippen LogP contribution in [-0.4, -0.2) is 175 Å². The highest BCUT2D eigenvalue weighted by atomic mass is 32.3. The van der Waals surface area contributed by atoms with Gasteiger partial charge in [0.25, 0.3) is 0 Å². The van der Waals surface area contributed by atoms with Crippen molar-refractivity contribution in [2.75, 3.05) is 52.4 Å². The van der Waals surface area contributed by atoms with Crippen LogP contribution in [0.1, 0.15) is 173 Å². The molecule has 432 valence electrons. The Balaban J connectivity index is 0.000000260. The number of guanidine groups is 1. The molecule has 0 spiro atoms. The molecule has 4 saturated heterocycles. The minimum atomic E-state index is -5.10. The molecule has 4 bridgehead atoms. The van der Waals surface area contributed by atoms with E-state index in [1.54, 1.807) is 20.8 Å². The lowest BCUT2D eigenvalue weighted by atomic mass is 10.0. The number of ether oxygens (including phenoxy) is 1. The molecule has 32 heteroatoms. The van der Waals surface area contributed by atoms with Crippen molar-refractivity contribution >= 4 is 44.9 Å². The number of nitrogens with one attached hydrogen (secondary N) is 2. The topological polar surface area (TPSA) is 410 Å². The number of rotatable bonds is 26. The maximum atomic E-state index is 12.5. The van der Waals surface area contributed by atoms with Gasteiger partial charge in [-0.25, -0.2) is 22.8 Å². The van der Waals surface area contributed by atoms with Crippen molar-refractivity contribution in [3.05, 3.63) is 36.0 Å². The summed E-state index contributed by atoms with van der Waals surface area (Å²) in [5, 5.41) is 41.6. The van der Waals surface area contributed by atoms with E-state index in [-0.39, 0.29) is 61.5 Å². The fraction of sp³-hybridized carbons (Fsp3) is 0.773. The third-order valence-corrected chi connectivity index (χ3v) is 13.3. The van der Waals surface area contributed by atoms with Gasteiger partial charge in [-0.1, -0.05) is 60.0 Å². The molecule has 0 unspecified atom stereocenters. The zero-order valence-electron chi connectivity index (χ0n) is 44.4. The SMILES string of the molecule is C=C(NC[C@@H](O)c1nnc([C@@H]2CC[C@@H]3CN2C(=O)N3OS(=O)(=O)[O-])o1)NC(=O)OC(C)(C)C.CCCC[N+](CCCC)(CCCC)CCCC.NC(N)=NC[C@@H](O)c1nnc([C@@H]2CC[C@@H]3CN2C(=O)N3OS(=O)(=O)O)o1. The van der Waals surface area contributed by atoms with Crippen LogP contribution in [0.3, 0.4) is 0 Å². The highest BCUT2D eigenvalue weighted by Gasteiger charge is 2.50. The lowest BCUT2D eigenvalue weighted by molar-refractivity contribution is -0.929. The molecule has 0 radical (unpaired) electrons. The molecule has 6 heterocycles. The van der Waals surface area contributed by atoms with E-state index in [1.165, 1.54) is 91.8 Å². The van der Waals surface area contributed by atoms with Crippen molar-refractivity contribution in [2.24, 2.45) is 16.5 Å². The largest absolute Gasteiger partial charge is 0.724 e. The first-order valence-corrected chi connectivity index (χ1v) is 28.2. The number of hydrogen-bond donors (Lipinski definition) is 7. The molecule has 9 N–H and O–H groups in total. The average Bonchev–Trinajstić information content (AvgIpc) is 4.13. The number of aliphatic hydroxyl groups excluding tert-OH is 2. The van der Waals surface area contributed by atoms with Crippen LogP contribution >= 0.6 is 0 Å². The van der Waals surface area contributed by atoms with Crippen molar-refractivity contribution in [1.29, 1.82) is 0 Å². The van der Waals surface area contributed by atoms with Crippen LogP contribution in [0.25, 0.3) is 0 Å². The quantitative estimate of drug-likeness (QED) is 0.0234. The van der Waals surface area contributed by atoms with Gasteiger partial charge in [0.1, 0.15) is 29.6 Å². The van der Waals surface area contributed by atoms with Crippen LogP contribution in [0, 0.1) is 0 Å². The number of nitrogens with two attached hydrogens (primary N) is 2. The molecule has 4 aliphatic rings. The molecule has 6 atom stereocenters. The number of aromatic nitrogens is 4. The van der Waals surface area contributed by atoms with Crippen LogP contribution in [0.15, 0.2) is 26.2 Å². The predicted molar refractivity (Wildman–Crippen MR) is 268 cm³/mol. The number of amides is 5. The van der Waals surface area contributed by atoms with Gasteiger partial charge in [0.15, 0.2) is 12.1 Å². The Labute approximate surface area is 443 Å². The first-order valence-electron chi connectivity index (χ1n) is 25.5. The van der Waals surface area contributed by atoms with E-state index in [2.05, 4.69) is 78.9 Å². The van der Waals surface area contributed by atoms with Gasteiger partial charge in [0.05, 0.1) is 51.4 Å².